The molecule has 1 saturated heterocycles. The van der Waals surface area contributed by atoms with Crippen molar-refractivity contribution in [1.82, 2.24) is 10.2 Å². The third-order valence-corrected chi connectivity index (χ3v) is 4.47. The topological polar surface area (TPSA) is 67.6 Å². The van der Waals surface area contributed by atoms with Gasteiger partial charge in [-0.2, -0.15) is 0 Å². The molecular weight excluding hydrogens is 282 g/mol. The van der Waals surface area contributed by atoms with Crippen molar-refractivity contribution in [2.75, 3.05) is 33.3 Å². The molecule has 2 rings (SSSR count). The van der Waals surface area contributed by atoms with Crippen molar-refractivity contribution in [2.24, 2.45) is 5.92 Å². The van der Waals surface area contributed by atoms with E-state index in [9.17, 15) is 10.1 Å². The van der Waals surface area contributed by atoms with Crippen molar-refractivity contribution >= 4 is 5.69 Å². The Balaban J connectivity index is 2.38. The number of nitrogens with zero attached hydrogens (tertiary/aromatic N) is 2. The molecule has 22 heavy (non-hydrogen) atoms. The number of piperazine rings is 1. The molecule has 1 aromatic carbocycles. The molecule has 0 saturated carbocycles. The summed E-state index contributed by atoms with van der Waals surface area (Å²) >= 11 is 0. The molecule has 0 radical (unpaired) electrons. The summed E-state index contributed by atoms with van der Waals surface area (Å²) in [6, 6.07) is 5.56. The fourth-order valence-corrected chi connectivity index (χ4v) is 3.12. The Kier molecular flexibility index (Phi) is 5.74. The number of benzene rings is 1. The lowest BCUT2D eigenvalue weighted by molar-refractivity contribution is -0.385. The van der Waals surface area contributed by atoms with Gasteiger partial charge in [-0.05, 0) is 17.5 Å². The van der Waals surface area contributed by atoms with Crippen molar-refractivity contribution in [1.29, 1.82) is 0 Å². The van der Waals surface area contributed by atoms with Crippen molar-refractivity contribution in [3.8, 4) is 5.75 Å². The molecule has 122 valence electrons. The smallest absolute Gasteiger partial charge is 0.311 e. The molecule has 1 aromatic rings. The standard InChI is InChI=1S/C16H25N3O3/c1-4-12(2)16(18-9-7-17-8-10-18)13-5-6-15(22-3)14(11-13)19(20)21/h5-6,11-12,16-17H,4,7-10H2,1-3H3/t12?,16-/m0/s1. The van der Waals surface area contributed by atoms with Crippen LogP contribution in [-0.2, 0) is 0 Å². The van der Waals surface area contributed by atoms with Crippen molar-refractivity contribution in [3.05, 3.63) is 33.9 Å². The van der Waals surface area contributed by atoms with Crippen molar-refractivity contribution < 1.29 is 9.66 Å². The highest BCUT2D eigenvalue weighted by atomic mass is 16.6. The van der Waals surface area contributed by atoms with Crippen LogP contribution in [0.5, 0.6) is 5.75 Å². The zero-order chi connectivity index (χ0) is 16.1. The van der Waals surface area contributed by atoms with E-state index in [0.717, 1.165) is 38.2 Å². The number of nitro groups is 1. The summed E-state index contributed by atoms with van der Waals surface area (Å²) in [5.41, 5.74) is 1.05. The highest BCUT2D eigenvalue weighted by molar-refractivity contribution is 5.49. The van der Waals surface area contributed by atoms with Gasteiger partial charge < -0.3 is 10.1 Å². The van der Waals surface area contributed by atoms with Crippen LogP contribution < -0.4 is 10.1 Å². The minimum Gasteiger partial charge on any atom is -0.490 e. The van der Waals surface area contributed by atoms with E-state index in [1.807, 2.05) is 6.07 Å². The Hall–Kier alpha value is -1.66. The predicted octanol–water partition coefficient (Wildman–Crippen LogP) is 2.60. The minimum absolute atomic E-state index is 0.0448. The second-order valence-corrected chi connectivity index (χ2v) is 5.80. The fraction of sp³-hybridized carbons (Fsp3) is 0.625. The van der Waals surface area contributed by atoms with Gasteiger partial charge in [-0.25, -0.2) is 0 Å². The summed E-state index contributed by atoms with van der Waals surface area (Å²) in [4.78, 5) is 13.3. The van der Waals surface area contributed by atoms with Crippen molar-refractivity contribution in [2.45, 2.75) is 26.3 Å². The maximum atomic E-state index is 11.3. The van der Waals surface area contributed by atoms with Crippen LogP contribution in [0.1, 0.15) is 31.9 Å². The Bertz CT molecular complexity index is 515. The van der Waals surface area contributed by atoms with Crippen LogP contribution in [0.2, 0.25) is 0 Å². The third-order valence-electron chi connectivity index (χ3n) is 4.47. The zero-order valence-corrected chi connectivity index (χ0v) is 13.5. The Morgan fingerprint density at radius 1 is 1.41 bits per heavy atom. The molecule has 0 amide bonds. The summed E-state index contributed by atoms with van der Waals surface area (Å²) in [6.07, 6.45) is 1.04. The summed E-state index contributed by atoms with van der Waals surface area (Å²) in [5.74, 6) is 0.753. The highest BCUT2D eigenvalue weighted by Gasteiger charge is 2.28. The van der Waals surface area contributed by atoms with Gasteiger partial charge in [0.2, 0.25) is 0 Å². The van der Waals surface area contributed by atoms with Crippen LogP contribution in [0.4, 0.5) is 5.69 Å². The second-order valence-electron chi connectivity index (χ2n) is 5.80. The second kappa shape index (κ2) is 7.56. The molecule has 1 fully saturated rings. The number of rotatable bonds is 6. The monoisotopic (exact) mass is 307 g/mol. The largest absolute Gasteiger partial charge is 0.490 e. The normalized spacial score (nSPS) is 18.7. The molecule has 1 aliphatic heterocycles. The third kappa shape index (κ3) is 3.56. The van der Waals surface area contributed by atoms with Crippen molar-refractivity contribution in [3.63, 3.8) is 0 Å². The van der Waals surface area contributed by atoms with E-state index < -0.39 is 0 Å². The van der Waals surface area contributed by atoms with E-state index in [2.05, 4.69) is 24.1 Å². The maximum Gasteiger partial charge on any atom is 0.311 e. The lowest BCUT2D eigenvalue weighted by atomic mass is 9.90. The average molecular weight is 307 g/mol. The number of methoxy groups -OCH3 is 1. The number of nitrogens with one attached hydrogen (secondary N) is 1. The van der Waals surface area contributed by atoms with Gasteiger partial charge in [-0.1, -0.05) is 26.3 Å². The number of nitro benzene ring substituents is 1. The predicted molar refractivity (Wildman–Crippen MR) is 86.3 cm³/mol. The van der Waals surface area contributed by atoms with Crippen LogP contribution in [0.3, 0.4) is 0 Å². The lowest BCUT2D eigenvalue weighted by Gasteiger charge is -2.38. The summed E-state index contributed by atoms with van der Waals surface area (Å²) in [7, 11) is 1.46. The molecule has 6 nitrogen and oxygen atoms in total. The summed E-state index contributed by atoms with van der Waals surface area (Å²) in [5, 5.41) is 14.6. The first-order valence-corrected chi connectivity index (χ1v) is 7.85. The van der Waals surface area contributed by atoms with E-state index in [4.69, 9.17) is 4.74 Å². The van der Waals surface area contributed by atoms with Gasteiger partial charge in [0.1, 0.15) is 0 Å². The first-order valence-electron chi connectivity index (χ1n) is 7.85. The Morgan fingerprint density at radius 2 is 2.09 bits per heavy atom. The van der Waals surface area contributed by atoms with Gasteiger partial charge in [0.05, 0.1) is 12.0 Å². The number of hydrogen-bond donors (Lipinski definition) is 1. The quantitative estimate of drug-likeness (QED) is 0.646. The Labute approximate surface area is 131 Å². The Morgan fingerprint density at radius 3 is 2.64 bits per heavy atom. The fourth-order valence-electron chi connectivity index (χ4n) is 3.12. The molecule has 1 aliphatic rings. The summed E-state index contributed by atoms with van der Waals surface area (Å²) < 4.78 is 5.11. The van der Waals surface area contributed by atoms with Gasteiger partial charge in [0, 0.05) is 38.3 Å². The average Bonchev–Trinajstić information content (AvgIpc) is 2.55. The van der Waals surface area contributed by atoms with Gasteiger partial charge in [0.25, 0.3) is 0 Å². The lowest BCUT2D eigenvalue weighted by Crippen LogP contribution is -2.46. The molecule has 0 spiro atoms. The van der Waals surface area contributed by atoms with Gasteiger partial charge in [-0.3, -0.25) is 15.0 Å². The zero-order valence-electron chi connectivity index (χ0n) is 13.5. The first kappa shape index (κ1) is 16.7. The van der Waals surface area contributed by atoms with E-state index in [-0.39, 0.29) is 16.7 Å². The van der Waals surface area contributed by atoms with E-state index >= 15 is 0 Å². The van der Waals surface area contributed by atoms with Gasteiger partial charge in [-0.15, -0.1) is 0 Å². The first-order chi connectivity index (χ1) is 10.6. The van der Waals surface area contributed by atoms with Crippen LogP contribution in [-0.4, -0.2) is 43.1 Å². The van der Waals surface area contributed by atoms with Crippen LogP contribution in [0, 0.1) is 16.0 Å². The van der Waals surface area contributed by atoms with E-state index in [1.54, 1.807) is 12.1 Å². The van der Waals surface area contributed by atoms with Crippen LogP contribution in [0.15, 0.2) is 18.2 Å². The highest BCUT2D eigenvalue weighted by Crippen LogP contribution is 2.36. The number of ether oxygens (including phenoxy) is 1. The molecule has 0 aliphatic carbocycles. The molecule has 0 bridgehead atoms. The minimum atomic E-state index is -0.367. The molecule has 2 atom stereocenters. The SMILES string of the molecule is CCC(C)[C@@H](c1ccc(OC)c([N+](=O)[O-])c1)N1CCNCC1. The molecule has 0 aromatic heterocycles. The molecule has 6 heteroatoms. The number of hydrogen-bond acceptors (Lipinski definition) is 5. The van der Waals surface area contributed by atoms with Crippen LogP contribution >= 0.6 is 0 Å². The molecule has 1 N–H and O–H groups in total. The maximum absolute atomic E-state index is 11.3. The van der Waals surface area contributed by atoms with Gasteiger partial charge >= 0.3 is 5.69 Å². The van der Waals surface area contributed by atoms with Crippen LogP contribution in [0.25, 0.3) is 0 Å². The summed E-state index contributed by atoms with van der Waals surface area (Å²) in [6.45, 7) is 8.24. The van der Waals surface area contributed by atoms with E-state index in [1.165, 1.54) is 7.11 Å². The molecular formula is C16H25N3O3. The molecule has 1 heterocycles. The van der Waals surface area contributed by atoms with E-state index in [0.29, 0.717) is 11.7 Å². The van der Waals surface area contributed by atoms with Gasteiger partial charge in [0.15, 0.2) is 5.75 Å². The molecule has 1 unspecified atom stereocenters.